The average molecular weight is 231 g/mol. The molecule has 0 saturated heterocycles. The highest BCUT2D eigenvalue weighted by Crippen LogP contribution is 2.33. The van der Waals surface area contributed by atoms with Gasteiger partial charge in [-0.3, -0.25) is 9.79 Å². The highest BCUT2D eigenvalue weighted by atomic mass is 16.5. The van der Waals surface area contributed by atoms with Crippen molar-refractivity contribution in [3.63, 3.8) is 0 Å². The summed E-state index contributed by atoms with van der Waals surface area (Å²) in [5, 5.41) is 9.70. The Kier molecular flexibility index (Phi) is 3.23. The van der Waals surface area contributed by atoms with Crippen molar-refractivity contribution in [1.82, 2.24) is 0 Å². The summed E-state index contributed by atoms with van der Waals surface area (Å²) in [5.74, 6) is 0.151. The van der Waals surface area contributed by atoms with Gasteiger partial charge in [-0.1, -0.05) is 6.08 Å². The maximum Gasteiger partial charge on any atom is 0.168 e. The lowest BCUT2D eigenvalue weighted by molar-refractivity contribution is 0.112. The second-order valence-electron chi connectivity index (χ2n) is 3.71. The lowest BCUT2D eigenvalue weighted by atomic mass is 10.0. The summed E-state index contributed by atoms with van der Waals surface area (Å²) >= 11 is 0. The molecule has 0 bridgehead atoms. The first-order valence-electron chi connectivity index (χ1n) is 5.35. The molecule has 88 valence electrons. The number of phenolic OH excluding ortho intramolecular Hbond substituents is 1. The van der Waals surface area contributed by atoms with Crippen LogP contribution in [0, 0.1) is 0 Å². The zero-order valence-electron chi connectivity index (χ0n) is 9.51. The van der Waals surface area contributed by atoms with Gasteiger partial charge < -0.3 is 9.84 Å². The molecule has 0 aromatic heterocycles. The highest BCUT2D eigenvalue weighted by molar-refractivity contribution is 5.85. The van der Waals surface area contributed by atoms with Crippen LogP contribution >= 0.6 is 0 Å². The minimum Gasteiger partial charge on any atom is -0.504 e. The van der Waals surface area contributed by atoms with Gasteiger partial charge in [-0.05, 0) is 25.0 Å². The molecule has 0 aliphatic carbocycles. The molecule has 2 rings (SSSR count). The molecule has 17 heavy (non-hydrogen) atoms. The van der Waals surface area contributed by atoms with Crippen LogP contribution in [-0.4, -0.2) is 24.7 Å². The molecule has 0 unspecified atom stereocenters. The van der Waals surface area contributed by atoms with Crippen LogP contribution in [0.25, 0.3) is 5.70 Å². The third kappa shape index (κ3) is 2.20. The Balaban J connectivity index is 2.51. The molecular formula is C13H13NO3. The molecule has 1 N–H and O–H groups in total. The second kappa shape index (κ2) is 4.82. The fraction of sp³-hybridized carbons (Fsp3) is 0.231. The van der Waals surface area contributed by atoms with E-state index in [-0.39, 0.29) is 17.1 Å². The smallest absolute Gasteiger partial charge is 0.168 e. The maximum atomic E-state index is 10.9. The number of aliphatic imine (C=N–C) groups is 1. The van der Waals surface area contributed by atoms with E-state index in [0.717, 1.165) is 24.1 Å². The molecule has 1 aromatic rings. The number of phenols is 1. The summed E-state index contributed by atoms with van der Waals surface area (Å²) in [5.41, 5.74) is 1.79. The van der Waals surface area contributed by atoms with E-state index in [2.05, 4.69) is 4.99 Å². The van der Waals surface area contributed by atoms with Gasteiger partial charge in [0.05, 0.1) is 18.4 Å². The molecule has 0 spiro atoms. The maximum absolute atomic E-state index is 10.9. The Hall–Kier alpha value is -2.10. The van der Waals surface area contributed by atoms with Crippen molar-refractivity contribution in [3.8, 4) is 11.5 Å². The summed E-state index contributed by atoms with van der Waals surface area (Å²) in [6.07, 6.45) is 6.31. The zero-order chi connectivity index (χ0) is 12.3. The molecule has 1 aliphatic heterocycles. The van der Waals surface area contributed by atoms with Gasteiger partial charge in [0.25, 0.3) is 0 Å². The summed E-state index contributed by atoms with van der Waals surface area (Å²) in [4.78, 5) is 15.1. The quantitative estimate of drug-likeness (QED) is 0.813. The number of carbonyl (C=O) groups excluding carboxylic acids is 1. The predicted octanol–water partition coefficient (Wildman–Crippen LogP) is 2.42. The Bertz CT molecular complexity index is 504. The number of rotatable bonds is 3. The van der Waals surface area contributed by atoms with E-state index >= 15 is 0 Å². The number of methoxy groups -OCH3 is 1. The molecule has 1 aromatic carbocycles. The topological polar surface area (TPSA) is 58.9 Å². The van der Waals surface area contributed by atoms with Gasteiger partial charge in [0.1, 0.15) is 0 Å². The number of aromatic hydroxyl groups is 1. The first-order chi connectivity index (χ1) is 8.26. The van der Waals surface area contributed by atoms with E-state index in [1.165, 1.54) is 7.11 Å². The van der Waals surface area contributed by atoms with Gasteiger partial charge in [0.2, 0.25) is 0 Å². The van der Waals surface area contributed by atoms with E-state index in [0.29, 0.717) is 6.29 Å². The van der Waals surface area contributed by atoms with E-state index in [1.54, 1.807) is 12.1 Å². The van der Waals surface area contributed by atoms with Crippen molar-refractivity contribution in [2.45, 2.75) is 12.8 Å². The zero-order valence-corrected chi connectivity index (χ0v) is 9.51. The van der Waals surface area contributed by atoms with Crippen molar-refractivity contribution >= 4 is 18.2 Å². The normalized spacial score (nSPS) is 14.3. The molecule has 0 saturated carbocycles. The lowest BCUT2D eigenvalue weighted by Crippen LogP contribution is -1.94. The third-order valence-corrected chi connectivity index (χ3v) is 2.61. The van der Waals surface area contributed by atoms with Crippen molar-refractivity contribution in [3.05, 3.63) is 29.3 Å². The molecule has 4 heteroatoms. The highest BCUT2D eigenvalue weighted by Gasteiger charge is 2.12. The summed E-state index contributed by atoms with van der Waals surface area (Å²) < 4.78 is 5.03. The molecular weight excluding hydrogens is 218 g/mol. The molecule has 0 radical (unpaired) electrons. The van der Waals surface area contributed by atoms with Gasteiger partial charge in [0.15, 0.2) is 17.8 Å². The Morgan fingerprint density at radius 3 is 2.82 bits per heavy atom. The summed E-state index contributed by atoms with van der Waals surface area (Å²) in [6, 6.07) is 3.29. The van der Waals surface area contributed by atoms with Crippen molar-refractivity contribution in [2.24, 2.45) is 4.99 Å². The van der Waals surface area contributed by atoms with Gasteiger partial charge in [-0.15, -0.1) is 0 Å². The van der Waals surface area contributed by atoms with Crippen LogP contribution in [0.15, 0.2) is 23.2 Å². The standard InChI is InChI=1S/C13H13NO3/c1-17-12-7-9(6-10(8-15)13(12)16)11-4-2-3-5-14-11/h4-8,16H,2-3H2,1H3. The van der Waals surface area contributed by atoms with Gasteiger partial charge in [-0.25, -0.2) is 0 Å². The first kappa shape index (κ1) is 11.4. The van der Waals surface area contributed by atoms with Crippen molar-refractivity contribution in [1.29, 1.82) is 0 Å². The Labute approximate surface area is 99.3 Å². The fourth-order valence-electron chi connectivity index (χ4n) is 1.73. The van der Waals surface area contributed by atoms with Crippen LogP contribution in [0.1, 0.15) is 28.8 Å². The van der Waals surface area contributed by atoms with Crippen LogP contribution in [0.2, 0.25) is 0 Å². The molecule has 0 fully saturated rings. The van der Waals surface area contributed by atoms with Crippen LogP contribution in [0.4, 0.5) is 0 Å². The number of carbonyl (C=O) groups is 1. The van der Waals surface area contributed by atoms with Crippen LogP contribution in [0.5, 0.6) is 11.5 Å². The molecule has 1 aliphatic rings. The van der Waals surface area contributed by atoms with Crippen LogP contribution in [0.3, 0.4) is 0 Å². The minimum atomic E-state index is -0.133. The van der Waals surface area contributed by atoms with Gasteiger partial charge >= 0.3 is 0 Å². The van der Waals surface area contributed by atoms with Crippen LogP contribution < -0.4 is 4.74 Å². The fourth-order valence-corrected chi connectivity index (χ4v) is 1.73. The van der Waals surface area contributed by atoms with Crippen molar-refractivity contribution < 1.29 is 14.6 Å². The Morgan fingerprint density at radius 1 is 1.41 bits per heavy atom. The van der Waals surface area contributed by atoms with Gasteiger partial charge in [0, 0.05) is 11.8 Å². The number of allylic oxidation sites excluding steroid dienone is 1. The van der Waals surface area contributed by atoms with Crippen LogP contribution in [-0.2, 0) is 0 Å². The Morgan fingerprint density at radius 2 is 2.24 bits per heavy atom. The lowest BCUT2D eigenvalue weighted by Gasteiger charge is -2.11. The predicted molar refractivity (Wildman–Crippen MR) is 65.7 cm³/mol. The SMILES string of the molecule is COc1cc(C2=CCCC=N2)cc(C=O)c1O. The number of hydrogen-bond donors (Lipinski definition) is 1. The van der Waals surface area contributed by atoms with E-state index in [9.17, 15) is 9.90 Å². The number of aldehydes is 1. The van der Waals surface area contributed by atoms with E-state index < -0.39 is 0 Å². The van der Waals surface area contributed by atoms with Crippen molar-refractivity contribution in [2.75, 3.05) is 7.11 Å². The summed E-state index contributed by atoms with van der Waals surface area (Å²) in [7, 11) is 1.45. The molecule has 1 heterocycles. The molecule has 0 atom stereocenters. The third-order valence-electron chi connectivity index (χ3n) is 2.61. The number of nitrogens with zero attached hydrogens (tertiary/aromatic N) is 1. The number of hydrogen-bond acceptors (Lipinski definition) is 4. The number of benzene rings is 1. The monoisotopic (exact) mass is 231 g/mol. The van der Waals surface area contributed by atoms with E-state index in [1.807, 2.05) is 12.3 Å². The van der Waals surface area contributed by atoms with E-state index in [4.69, 9.17) is 4.74 Å². The second-order valence-corrected chi connectivity index (χ2v) is 3.71. The summed E-state index contributed by atoms with van der Waals surface area (Å²) in [6.45, 7) is 0. The largest absolute Gasteiger partial charge is 0.504 e. The average Bonchev–Trinajstić information content (AvgIpc) is 2.40. The minimum absolute atomic E-state index is 0.133. The van der Waals surface area contributed by atoms with Gasteiger partial charge in [-0.2, -0.15) is 0 Å². The molecule has 4 nitrogen and oxygen atoms in total. The molecule has 0 amide bonds. The number of ether oxygens (including phenoxy) is 1. The first-order valence-corrected chi connectivity index (χ1v) is 5.35.